The van der Waals surface area contributed by atoms with Crippen molar-refractivity contribution in [2.45, 2.75) is 89.1 Å². The van der Waals surface area contributed by atoms with E-state index in [-0.39, 0.29) is 0 Å². The minimum Gasteiger partial charge on any atom is -0.311 e. The Morgan fingerprint density at radius 1 is 0.588 bits per heavy atom. The van der Waals surface area contributed by atoms with Gasteiger partial charge in [-0.05, 0) is 37.5 Å². The van der Waals surface area contributed by atoms with E-state index in [1.165, 1.54) is 77.0 Å². The third kappa shape index (κ3) is 2.86. The van der Waals surface area contributed by atoms with Gasteiger partial charge in [-0.1, -0.05) is 51.4 Å². The van der Waals surface area contributed by atoms with Gasteiger partial charge in [0.05, 0.1) is 0 Å². The summed E-state index contributed by atoms with van der Waals surface area (Å²) in [7, 11) is 0. The number of fused-ring (bicyclic) bond motifs is 1. The van der Waals surface area contributed by atoms with Gasteiger partial charge in [0.15, 0.2) is 0 Å². The van der Waals surface area contributed by atoms with Crippen molar-refractivity contribution in [1.29, 1.82) is 0 Å². The first-order valence-electron chi connectivity index (χ1n) is 8.19. The van der Waals surface area contributed by atoms with Gasteiger partial charge in [0, 0.05) is 12.1 Å². The van der Waals surface area contributed by atoms with E-state index in [9.17, 15) is 0 Å². The highest BCUT2D eigenvalue weighted by Gasteiger charge is 2.35. The van der Waals surface area contributed by atoms with Gasteiger partial charge in [-0.2, -0.15) is 0 Å². The minimum atomic E-state index is 0.870. The molecule has 3 unspecified atom stereocenters. The maximum atomic E-state index is 4.06. The average molecular weight is 235 g/mol. The van der Waals surface area contributed by atoms with E-state index in [1.54, 1.807) is 0 Å². The summed E-state index contributed by atoms with van der Waals surface area (Å²) in [5, 5.41) is 4.06. The van der Waals surface area contributed by atoms with Crippen molar-refractivity contribution >= 4 is 0 Å². The SMILES string of the molecule is C1CCC(NC2CCCC3CCCCC32)CC1. The van der Waals surface area contributed by atoms with Crippen molar-refractivity contribution < 1.29 is 0 Å². The monoisotopic (exact) mass is 235 g/mol. The molecule has 0 aliphatic heterocycles. The van der Waals surface area contributed by atoms with Crippen molar-refractivity contribution in [3.05, 3.63) is 0 Å². The van der Waals surface area contributed by atoms with Crippen LogP contribution in [0.2, 0.25) is 0 Å². The van der Waals surface area contributed by atoms with Crippen molar-refractivity contribution in [2.75, 3.05) is 0 Å². The Labute approximate surface area is 107 Å². The Morgan fingerprint density at radius 2 is 1.29 bits per heavy atom. The zero-order valence-corrected chi connectivity index (χ0v) is 11.3. The molecule has 3 rings (SSSR count). The molecule has 3 atom stereocenters. The average Bonchev–Trinajstić information content (AvgIpc) is 2.40. The number of hydrogen-bond acceptors (Lipinski definition) is 1. The zero-order valence-electron chi connectivity index (χ0n) is 11.3. The van der Waals surface area contributed by atoms with Gasteiger partial charge >= 0.3 is 0 Å². The normalized spacial score (nSPS) is 39.9. The summed E-state index contributed by atoms with van der Waals surface area (Å²) in [4.78, 5) is 0. The topological polar surface area (TPSA) is 12.0 Å². The molecule has 3 fully saturated rings. The Bertz CT molecular complexity index is 230. The summed E-state index contributed by atoms with van der Waals surface area (Å²) < 4.78 is 0. The van der Waals surface area contributed by atoms with Gasteiger partial charge < -0.3 is 5.32 Å². The molecule has 3 saturated carbocycles. The summed E-state index contributed by atoms with van der Waals surface area (Å²) in [6, 6.07) is 1.76. The molecule has 0 aromatic carbocycles. The van der Waals surface area contributed by atoms with Gasteiger partial charge in [-0.15, -0.1) is 0 Å². The first kappa shape index (κ1) is 12.0. The second-order valence-corrected chi connectivity index (χ2v) is 6.75. The standard InChI is InChI=1S/C16H29N/c1-2-9-14(10-3-1)17-16-12-6-8-13-7-4-5-11-15(13)16/h13-17H,1-12H2. The molecular weight excluding hydrogens is 206 g/mol. The fourth-order valence-electron chi connectivity index (χ4n) is 4.72. The van der Waals surface area contributed by atoms with Crippen LogP contribution in [0.15, 0.2) is 0 Å². The van der Waals surface area contributed by atoms with Crippen molar-refractivity contribution in [1.82, 2.24) is 5.32 Å². The van der Waals surface area contributed by atoms with Crippen molar-refractivity contribution in [3.8, 4) is 0 Å². The van der Waals surface area contributed by atoms with Crippen LogP contribution in [0.4, 0.5) is 0 Å². The van der Waals surface area contributed by atoms with Crippen molar-refractivity contribution in [2.24, 2.45) is 11.8 Å². The van der Waals surface area contributed by atoms with Crippen LogP contribution in [0.5, 0.6) is 0 Å². The molecule has 0 saturated heterocycles. The molecule has 1 nitrogen and oxygen atoms in total. The number of rotatable bonds is 2. The predicted octanol–water partition coefficient (Wildman–Crippen LogP) is 4.27. The third-order valence-corrected chi connectivity index (χ3v) is 5.63. The highest BCUT2D eigenvalue weighted by molar-refractivity contribution is 4.91. The quantitative estimate of drug-likeness (QED) is 0.754. The van der Waals surface area contributed by atoms with E-state index in [1.807, 2.05) is 0 Å². The van der Waals surface area contributed by atoms with Crippen LogP contribution in [-0.2, 0) is 0 Å². The van der Waals surface area contributed by atoms with Gasteiger partial charge in [-0.25, -0.2) is 0 Å². The van der Waals surface area contributed by atoms with Crippen LogP contribution in [0.25, 0.3) is 0 Å². The first-order valence-corrected chi connectivity index (χ1v) is 8.19. The summed E-state index contributed by atoms with van der Waals surface area (Å²) in [6.45, 7) is 0. The molecule has 0 bridgehead atoms. The molecule has 0 heterocycles. The highest BCUT2D eigenvalue weighted by Crippen LogP contribution is 2.41. The van der Waals surface area contributed by atoms with Gasteiger partial charge in [-0.3, -0.25) is 0 Å². The van der Waals surface area contributed by atoms with E-state index < -0.39 is 0 Å². The van der Waals surface area contributed by atoms with Crippen LogP contribution in [0, 0.1) is 11.8 Å². The molecular formula is C16H29N. The van der Waals surface area contributed by atoms with Crippen LogP contribution in [-0.4, -0.2) is 12.1 Å². The predicted molar refractivity (Wildman–Crippen MR) is 73.1 cm³/mol. The molecule has 1 heteroatoms. The summed E-state index contributed by atoms with van der Waals surface area (Å²) >= 11 is 0. The smallest absolute Gasteiger partial charge is 0.0101 e. The second-order valence-electron chi connectivity index (χ2n) is 6.75. The highest BCUT2D eigenvalue weighted by atomic mass is 15.0. The summed E-state index contributed by atoms with van der Waals surface area (Å²) in [5.74, 6) is 2.12. The molecule has 98 valence electrons. The Morgan fingerprint density at radius 3 is 2.18 bits per heavy atom. The summed E-state index contributed by atoms with van der Waals surface area (Å²) in [6.07, 6.45) is 17.9. The van der Waals surface area contributed by atoms with E-state index in [0.717, 1.165) is 23.9 Å². The Kier molecular flexibility index (Phi) is 4.05. The van der Waals surface area contributed by atoms with Crippen LogP contribution < -0.4 is 5.32 Å². The van der Waals surface area contributed by atoms with Crippen LogP contribution in [0.3, 0.4) is 0 Å². The molecule has 0 aromatic rings. The molecule has 0 spiro atoms. The molecule has 0 radical (unpaired) electrons. The summed E-state index contributed by atoms with van der Waals surface area (Å²) in [5.41, 5.74) is 0. The fourth-order valence-corrected chi connectivity index (χ4v) is 4.72. The Balaban J connectivity index is 1.56. The van der Waals surface area contributed by atoms with E-state index in [4.69, 9.17) is 0 Å². The maximum absolute atomic E-state index is 4.06. The lowest BCUT2D eigenvalue weighted by molar-refractivity contribution is 0.113. The Hall–Kier alpha value is -0.0400. The third-order valence-electron chi connectivity index (χ3n) is 5.63. The van der Waals surface area contributed by atoms with Gasteiger partial charge in [0.25, 0.3) is 0 Å². The van der Waals surface area contributed by atoms with E-state index in [0.29, 0.717) is 0 Å². The zero-order chi connectivity index (χ0) is 11.5. The maximum Gasteiger partial charge on any atom is 0.0101 e. The first-order chi connectivity index (χ1) is 8.43. The second kappa shape index (κ2) is 5.73. The lowest BCUT2D eigenvalue weighted by Gasteiger charge is -2.43. The van der Waals surface area contributed by atoms with Crippen LogP contribution in [0.1, 0.15) is 77.0 Å². The lowest BCUT2D eigenvalue weighted by atomic mass is 9.68. The minimum absolute atomic E-state index is 0.870. The molecule has 0 amide bonds. The molecule has 17 heavy (non-hydrogen) atoms. The van der Waals surface area contributed by atoms with Gasteiger partial charge in [0.2, 0.25) is 0 Å². The molecule has 0 aromatic heterocycles. The number of hydrogen-bond donors (Lipinski definition) is 1. The van der Waals surface area contributed by atoms with E-state index >= 15 is 0 Å². The molecule has 3 aliphatic rings. The van der Waals surface area contributed by atoms with Gasteiger partial charge in [0.1, 0.15) is 0 Å². The lowest BCUT2D eigenvalue weighted by Crippen LogP contribution is -2.48. The number of nitrogens with one attached hydrogen (secondary N) is 1. The van der Waals surface area contributed by atoms with Crippen LogP contribution >= 0.6 is 0 Å². The molecule has 3 aliphatic carbocycles. The fraction of sp³-hybridized carbons (Fsp3) is 1.00. The largest absolute Gasteiger partial charge is 0.311 e. The molecule has 1 N–H and O–H groups in total. The van der Waals surface area contributed by atoms with E-state index in [2.05, 4.69) is 5.32 Å². The van der Waals surface area contributed by atoms with Crippen molar-refractivity contribution in [3.63, 3.8) is 0 Å².